The molecule has 0 spiro atoms. The van der Waals surface area contributed by atoms with Gasteiger partial charge in [0.2, 0.25) is 5.91 Å². The monoisotopic (exact) mass is 442 g/mol. The second-order valence-corrected chi connectivity index (χ2v) is 8.51. The molecule has 2 amide bonds. The van der Waals surface area contributed by atoms with Crippen molar-refractivity contribution in [2.45, 2.75) is 18.8 Å². The lowest BCUT2D eigenvalue weighted by Crippen LogP contribution is -2.37. The Morgan fingerprint density at radius 3 is 2.42 bits per heavy atom. The van der Waals surface area contributed by atoms with Crippen LogP contribution in [0.3, 0.4) is 0 Å². The van der Waals surface area contributed by atoms with Gasteiger partial charge in [-0.3, -0.25) is 9.59 Å². The Labute approximate surface area is 187 Å². The summed E-state index contributed by atoms with van der Waals surface area (Å²) < 4.78 is 11.0. The fourth-order valence-electron chi connectivity index (χ4n) is 4.64. The van der Waals surface area contributed by atoms with E-state index >= 15 is 0 Å². The van der Waals surface area contributed by atoms with E-state index in [1.807, 2.05) is 23.1 Å². The molecule has 7 heteroatoms. The molecule has 2 aromatic carbocycles. The second-order valence-electron chi connectivity index (χ2n) is 8.07. The second kappa shape index (κ2) is 9.18. The Balaban J connectivity index is 1.67. The molecule has 0 aromatic heterocycles. The highest BCUT2D eigenvalue weighted by molar-refractivity contribution is 6.30. The summed E-state index contributed by atoms with van der Waals surface area (Å²) in [6.07, 6.45) is 2.06. The fraction of sp³-hybridized carbons (Fsp3) is 0.417. The van der Waals surface area contributed by atoms with Crippen LogP contribution in [0, 0.1) is 5.92 Å². The summed E-state index contributed by atoms with van der Waals surface area (Å²) in [5, 5.41) is 0.517. The standard InChI is InChI=1S/C24H27ClN2O4/c1-30-18-8-9-19(22(13-18)31-2)20-14-27(23(28)16-6-5-7-17(25)12-16)15-21(20)24(29)26-10-3-4-11-26/h5-9,12-13,20-21H,3-4,10-11,14-15H2,1-2H3/t20-,21-/m0/s1. The van der Waals surface area contributed by atoms with Gasteiger partial charge in [0, 0.05) is 54.3 Å². The van der Waals surface area contributed by atoms with Crippen molar-refractivity contribution < 1.29 is 19.1 Å². The van der Waals surface area contributed by atoms with Gasteiger partial charge in [-0.1, -0.05) is 23.7 Å². The first-order valence-corrected chi connectivity index (χ1v) is 10.9. The van der Waals surface area contributed by atoms with Crippen molar-refractivity contribution in [1.82, 2.24) is 9.80 Å². The summed E-state index contributed by atoms with van der Waals surface area (Å²) in [7, 11) is 3.22. The molecule has 2 aliphatic heterocycles. The molecule has 2 aromatic rings. The van der Waals surface area contributed by atoms with Gasteiger partial charge >= 0.3 is 0 Å². The molecule has 2 heterocycles. The van der Waals surface area contributed by atoms with Crippen LogP contribution in [0.25, 0.3) is 0 Å². The molecule has 6 nitrogen and oxygen atoms in total. The van der Waals surface area contributed by atoms with Crippen LogP contribution in [0.4, 0.5) is 0 Å². The number of likely N-dealkylation sites (tertiary alicyclic amines) is 2. The third-order valence-electron chi connectivity index (χ3n) is 6.25. The molecule has 2 atom stereocenters. The Kier molecular flexibility index (Phi) is 6.37. The number of nitrogens with zero attached hydrogens (tertiary/aromatic N) is 2. The predicted octanol–water partition coefficient (Wildman–Crippen LogP) is 3.84. The minimum Gasteiger partial charge on any atom is -0.497 e. The van der Waals surface area contributed by atoms with Gasteiger partial charge in [0.1, 0.15) is 11.5 Å². The highest BCUT2D eigenvalue weighted by atomic mass is 35.5. The number of carbonyl (C=O) groups is 2. The summed E-state index contributed by atoms with van der Waals surface area (Å²) in [6.45, 7) is 2.38. The summed E-state index contributed by atoms with van der Waals surface area (Å²) >= 11 is 6.09. The molecule has 0 bridgehead atoms. The number of rotatable bonds is 5. The number of halogens is 1. The molecular weight excluding hydrogens is 416 g/mol. The summed E-state index contributed by atoms with van der Waals surface area (Å²) in [5.74, 6) is 0.882. The van der Waals surface area contributed by atoms with Crippen LogP contribution >= 0.6 is 11.6 Å². The molecule has 0 unspecified atom stereocenters. The van der Waals surface area contributed by atoms with Crippen LogP contribution in [0.2, 0.25) is 5.02 Å². The van der Waals surface area contributed by atoms with Crippen LogP contribution in [-0.2, 0) is 4.79 Å². The Bertz CT molecular complexity index is 974. The van der Waals surface area contributed by atoms with Crippen LogP contribution < -0.4 is 9.47 Å². The number of amides is 2. The average molecular weight is 443 g/mol. The van der Waals surface area contributed by atoms with Crippen LogP contribution in [0.1, 0.15) is 34.7 Å². The first kappa shape index (κ1) is 21.5. The number of ether oxygens (including phenoxy) is 2. The van der Waals surface area contributed by atoms with E-state index in [4.69, 9.17) is 21.1 Å². The number of hydrogen-bond donors (Lipinski definition) is 0. The van der Waals surface area contributed by atoms with Gasteiger partial charge in [-0.05, 0) is 37.1 Å². The van der Waals surface area contributed by atoms with Gasteiger partial charge in [-0.2, -0.15) is 0 Å². The van der Waals surface area contributed by atoms with E-state index in [0.717, 1.165) is 31.5 Å². The van der Waals surface area contributed by atoms with Gasteiger partial charge in [-0.15, -0.1) is 0 Å². The summed E-state index contributed by atoms with van der Waals surface area (Å²) in [4.78, 5) is 30.3. The number of carbonyl (C=O) groups excluding carboxylic acids is 2. The zero-order valence-corrected chi connectivity index (χ0v) is 18.6. The first-order chi connectivity index (χ1) is 15.0. The predicted molar refractivity (Wildman–Crippen MR) is 119 cm³/mol. The third-order valence-corrected chi connectivity index (χ3v) is 6.49. The molecule has 2 fully saturated rings. The average Bonchev–Trinajstić information content (AvgIpc) is 3.48. The minimum absolute atomic E-state index is 0.113. The van der Waals surface area contributed by atoms with Gasteiger partial charge in [0.25, 0.3) is 5.91 Å². The molecule has 31 heavy (non-hydrogen) atoms. The maximum Gasteiger partial charge on any atom is 0.253 e. The van der Waals surface area contributed by atoms with Crippen molar-refractivity contribution >= 4 is 23.4 Å². The lowest BCUT2D eigenvalue weighted by atomic mass is 9.87. The van der Waals surface area contributed by atoms with E-state index in [-0.39, 0.29) is 23.7 Å². The maximum atomic E-state index is 13.4. The molecule has 0 radical (unpaired) electrons. The zero-order chi connectivity index (χ0) is 22.0. The SMILES string of the molecule is COc1ccc([C@@H]2CN(C(=O)c3cccc(Cl)c3)C[C@@H]2C(=O)N2CCCC2)c(OC)c1. The van der Waals surface area contributed by atoms with Crippen LogP contribution in [0.5, 0.6) is 11.5 Å². The smallest absolute Gasteiger partial charge is 0.253 e. The van der Waals surface area contributed by atoms with E-state index in [1.54, 1.807) is 43.4 Å². The highest BCUT2D eigenvalue weighted by Gasteiger charge is 2.43. The molecular formula is C24H27ClN2O4. The lowest BCUT2D eigenvalue weighted by Gasteiger charge is -2.25. The van der Waals surface area contributed by atoms with E-state index in [2.05, 4.69) is 0 Å². The number of methoxy groups -OCH3 is 2. The van der Waals surface area contributed by atoms with Crippen molar-refractivity contribution in [1.29, 1.82) is 0 Å². The Morgan fingerprint density at radius 1 is 0.968 bits per heavy atom. The molecule has 4 rings (SSSR count). The highest BCUT2D eigenvalue weighted by Crippen LogP contribution is 2.40. The third kappa shape index (κ3) is 4.35. The van der Waals surface area contributed by atoms with Gasteiger partial charge in [-0.25, -0.2) is 0 Å². The summed E-state index contributed by atoms with van der Waals surface area (Å²) in [5.41, 5.74) is 1.45. The molecule has 0 saturated carbocycles. The van der Waals surface area contributed by atoms with E-state index < -0.39 is 0 Å². The van der Waals surface area contributed by atoms with Gasteiger partial charge in [0.05, 0.1) is 20.1 Å². The van der Waals surface area contributed by atoms with Gasteiger partial charge in [0.15, 0.2) is 0 Å². The molecule has 2 aliphatic rings. The normalized spacial score (nSPS) is 20.7. The van der Waals surface area contributed by atoms with E-state index in [0.29, 0.717) is 35.2 Å². The number of benzene rings is 2. The fourth-order valence-corrected chi connectivity index (χ4v) is 4.83. The topological polar surface area (TPSA) is 59.1 Å². The van der Waals surface area contributed by atoms with Crippen LogP contribution in [0.15, 0.2) is 42.5 Å². The van der Waals surface area contributed by atoms with Crippen molar-refractivity contribution in [2.75, 3.05) is 40.4 Å². The largest absolute Gasteiger partial charge is 0.497 e. The van der Waals surface area contributed by atoms with Crippen molar-refractivity contribution in [3.8, 4) is 11.5 Å². The molecule has 0 aliphatic carbocycles. The molecule has 2 saturated heterocycles. The van der Waals surface area contributed by atoms with Crippen molar-refractivity contribution in [3.63, 3.8) is 0 Å². The van der Waals surface area contributed by atoms with Crippen LogP contribution in [-0.4, -0.2) is 62.0 Å². The molecule has 164 valence electrons. The van der Waals surface area contributed by atoms with Crippen molar-refractivity contribution in [2.24, 2.45) is 5.92 Å². The van der Waals surface area contributed by atoms with E-state index in [1.165, 1.54) is 0 Å². The molecule has 0 N–H and O–H groups in total. The van der Waals surface area contributed by atoms with Gasteiger partial charge < -0.3 is 19.3 Å². The lowest BCUT2D eigenvalue weighted by molar-refractivity contribution is -0.134. The van der Waals surface area contributed by atoms with Crippen molar-refractivity contribution in [3.05, 3.63) is 58.6 Å². The zero-order valence-electron chi connectivity index (χ0n) is 17.8. The number of hydrogen-bond acceptors (Lipinski definition) is 4. The maximum absolute atomic E-state index is 13.4. The summed E-state index contributed by atoms with van der Waals surface area (Å²) in [6, 6.07) is 12.6. The van der Waals surface area contributed by atoms with E-state index in [9.17, 15) is 9.59 Å². The quantitative estimate of drug-likeness (QED) is 0.706. The Hall–Kier alpha value is -2.73. The minimum atomic E-state index is -0.316. The first-order valence-electron chi connectivity index (χ1n) is 10.6. The Morgan fingerprint density at radius 2 is 1.74 bits per heavy atom.